The Morgan fingerprint density at radius 2 is 1.81 bits per heavy atom. The van der Waals surface area contributed by atoms with Gasteiger partial charge in [-0.2, -0.15) is 4.98 Å². The number of para-hydroxylation sites is 1. The molecular weight excluding hydrogens is 473 g/mol. The summed E-state index contributed by atoms with van der Waals surface area (Å²) in [4.78, 5) is 25.8. The van der Waals surface area contributed by atoms with Gasteiger partial charge in [0.05, 0.1) is 19.0 Å². The van der Waals surface area contributed by atoms with Gasteiger partial charge in [0.15, 0.2) is 5.65 Å². The van der Waals surface area contributed by atoms with E-state index in [9.17, 15) is 9.18 Å². The molecule has 3 N–H and O–H groups in total. The Labute approximate surface area is 214 Å². The minimum Gasteiger partial charge on any atom is -0.497 e. The van der Waals surface area contributed by atoms with Crippen molar-refractivity contribution in [3.05, 3.63) is 60.5 Å². The highest BCUT2D eigenvalue weighted by atomic mass is 19.1. The molecule has 1 aliphatic carbocycles. The summed E-state index contributed by atoms with van der Waals surface area (Å²) in [5.74, 6) is 1.41. The van der Waals surface area contributed by atoms with Gasteiger partial charge in [0, 0.05) is 24.2 Å². The summed E-state index contributed by atoms with van der Waals surface area (Å²) < 4.78 is 21.8. The first kappa shape index (κ1) is 24.5. The summed E-state index contributed by atoms with van der Waals surface area (Å²) in [6, 6.07) is 14.2. The Hall–Kier alpha value is -4.21. The summed E-state index contributed by atoms with van der Waals surface area (Å²) in [6.45, 7) is 1.86. The van der Waals surface area contributed by atoms with Gasteiger partial charge in [0.1, 0.15) is 17.1 Å². The molecule has 1 aliphatic rings. The molecule has 0 aliphatic heterocycles. The Bertz CT molecular complexity index is 1380. The van der Waals surface area contributed by atoms with Gasteiger partial charge in [-0.1, -0.05) is 19.1 Å². The van der Waals surface area contributed by atoms with E-state index in [0.717, 1.165) is 37.1 Å². The van der Waals surface area contributed by atoms with E-state index in [0.29, 0.717) is 35.2 Å². The van der Waals surface area contributed by atoms with Crippen LogP contribution in [0, 0.1) is 5.82 Å². The predicted octanol–water partition coefficient (Wildman–Crippen LogP) is 5.47. The van der Waals surface area contributed by atoms with Crippen molar-refractivity contribution in [3.8, 4) is 5.75 Å². The maximum atomic E-state index is 14.5. The number of amides is 1. The quantitative estimate of drug-likeness (QED) is 0.293. The second-order valence-corrected chi connectivity index (χ2v) is 9.09. The van der Waals surface area contributed by atoms with Crippen LogP contribution in [0.15, 0.2) is 54.7 Å². The molecule has 5 rings (SSSR count). The number of carbonyl (C=O) groups excluding carboxylic acids is 1. The van der Waals surface area contributed by atoms with Gasteiger partial charge >= 0.3 is 0 Å². The second kappa shape index (κ2) is 10.8. The van der Waals surface area contributed by atoms with Crippen LogP contribution in [0.3, 0.4) is 0 Å². The fourth-order valence-electron chi connectivity index (χ4n) is 4.68. The lowest BCUT2D eigenvalue weighted by atomic mass is 9.91. The van der Waals surface area contributed by atoms with Crippen molar-refractivity contribution in [3.63, 3.8) is 0 Å². The average Bonchev–Trinajstić information content (AvgIpc) is 3.28. The van der Waals surface area contributed by atoms with E-state index >= 15 is 0 Å². The number of anilines is 4. The molecule has 2 heterocycles. The maximum absolute atomic E-state index is 14.5. The standard InChI is InChI=1S/C27H30FN7O2/c1-3-24(36)30-17-8-12-19(13-9-17)35-25-23(33-27(35)32-22-7-5-4-6-21(22)28)16-29-26(34-25)31-18-10-14-20(37-2)15-11-18/h4-7,10-11,14-17,19H,3,8-9,12-13H2,1-2H3,(H,30,36)(H,32,33)(H,29,31,34). The SMILES string of the molecule is CCC(=O)NC1CCC(n2c(Nc3ccccc3F)nc3cnc(Nc4ccc(OC)cc4)nc32)CC1. The largest absolute Gasteiger partial charge is 0.497 e. The zero-order valence-electron chi connectivity index (χ0n) is 20.9. The molecule has 0 unspecified atom stereocenters. The van der Waals surface area contributed by atoms with Crippen molar-refractivity contribution in [2.24, 2.45) is 0 Å². The summed E-state index contributed by atoms with van der Waals surface area (Å²) in [5, 5.41) is 9.51. The lowest BCUT2D eigenvalue weighted by molar-refractivity contribution is -0.121. The molecule has 192 valence electrons. The summed E-state index contributed by atoms with van der Waals surface area (Å²) >= 11 is 0. The Balaban J connectivity index is 1.47. The zero-order chi connectivity index (χ0) is 25.8. The average molecular weight is 504 g/mol. The third-order valence-corrected chi connectivity index (χ3v) is 6.65. The van der Waals surface area contributed by atoms with E-state index < -0.39 is 0 Å². The molecule has 1 amide bonds. The molecule has 0 spiro atoms. The number of benzene rings is 2. The van der Waals surface area contributed by atoms with Crippen molar-refractivity contribution < 1.29 is 13.9 Å². The number of carbonyl (C=O) groups is 1. The highest BCUT2D eigenvalue weighted by molar-refractivity contribution is 5.77. The van der Waals surface area contributed by atoms with Crippen LogP contribution in [0.4, 0.5) is 27.7 Å². The molecule has 1 fully saturated rings. The number of halogens is 1. The lowest BCUT2D eigenvalue weighted by Crippen LogP contribution is -2.37. The zero-order valence-corrected chi connectivity index (χ0v) is 20.9. The van der Waals surface area contributed by atoms with Crippen LogP contribution in [0.25, 0.3) is 11.2 Å². The molecule has 4 aromatic rings. The molecule has 0 saturated heterocycles. The number of fused-ring (bicyclic) bond motifs is 1. The van der Waals surface area contributed by atoms with E-state index in [1.165, 1.54) is 6.07 Å². The van der Waals surface area contributed by atoms with E-state index in [2.05, 4.69) is 20.9 Å². The Kier molecular flexibility index (Phi) is 7.16. The topological polar surface area (TPSA) is 106 Å². The molecule has 37 heavy (non-hydrogen) atoms. The highest BCUT2D eigenvalue weighted by Gasteiger charge is 2.27. The first-order chi connectivity index (χ1) is 18.0. The smallest absolute Gasteiger partial charge is 0.229 e. The second-order valence-electron chi connectivity index (χ2n) is 9.09. The minimum absolute atomic E-state index is 0.0698. The summed E-state index contributed by atoms with van der Waals surface area (Å²) in [7, 11) is 1.62. The molecule has 1 saturated carbocycles. The van der Waals surface area contributed by atoms with Gasteiger partial charge < -0.3 is 20.7 Å². The van der Waals surface area contributed by atoms with Crippen LogP contribution in [0.1, 0.15) is 45.1 Å². The van der Waals surface area contributed by atoms with Crippen molar-refractivity contribution in [2.45, 2.75) is 51.1 Å². The van der Waals surface area contributed by atoms with Crippen molar-refractivity contribution >= 4 is 40.3 Å². The number of methoxy groups -OCH3 is 1. The van der Waals surface area contributed by atoms with Gasteiger partial charge in [0.25, 0.3) is 0 Å². The highest BCUT2D eigenvalue weighted by Crippen LogP contribution is 2.35. The van der Waals surface area contributed by atoms with Crippen LogP contribution in [-0.4, -0.2) is 38.6 Å². The fraction of sp³-hybridized carbons (Fsp3) is 0.333. The van der Waals surface area contributed by atoms with E-state index in [4.69, 9.17) is 14.7 Å². The Morgan fingerprint density at radius 3 is 2.51 bits per heavy atom. The third-order valence-electron chi connectivity index (χ3n) is 6.65. The van der Waals surface area contributed by atoms with Gasteiger partial charge in [-0.15, -0.1) is 0 Å². The molecule has 2 aromatic heterocycles. The molecule has 0 radical (unpaired) electrons. The number of imidazole rings is 1. The lowest BCUT2D eigenvalue weighted by Gasteiger charge is -2.31. The summed E-state index contributed by atoms with van der Waals surface area (Å²) in [6.07, 6.45) is 5.50. The predicted molar refractivity (Wildman–Crippen MR) is 141 cm³/mol. The van der Waals surface area contributed by atoms with Crippen LogP contribution in [0.5, 0.6) is 5.75 Å². The van der Waals surface area contributed by atoms with Crippen molar-refractivity contribution in [2.75, 3.05) is 17.7 Å². The number of ether oxygens (including phenoxy) is 1. The normalized spacial score (nSPS) is 17.4. The van der Waals surface area contributed by atoms with Gasteiger partial charge in [-0.3, -0.25) is 9.36 Å². The van der Waals surface area contributed by atoms with Crippen molar-refractivity contribution in [1.82, 2.24) is 24.8 Å². The molecule has 9 nitrogen and oxygen atoms in total. The van der Waals surface area contributed by atoms with Crippen LogP contribution >= 0.6 is 0 Å². The first-order valence-electron chi connectivity index (χ1n) is 12.5. The van der Waals surface area contributed by atoms with E-state index in [-0.39, 0.29) is 23.8 Å². The summed E-state index contributed by atoms with van der Waals surface area (Å²) in [5.41, 5.74) is 2.43. The first-order valence-corrected chi connectivity index (χ1v) is 12.5. The molecular formula is C27H30FN7O2. The Morgan fingerprint density at radius 1 is 1.05 bits per heavy atom. The fourth-order valence-corrected chi connectivity index (χ4v) is 4.68. The molecule has 0 bridgehead atoms. The van der Waals surface area contributed by atoms with Gasteiger partial charge in [-0.25, -0.2) is 14.4 Å². The number of aromatic nitrogens is 4. The van der Waals surface area contributed by atoms with Crippen LogP contribution < -0.4 is 20.7 Å². The minimum atomic E-state index is -0.361. The van der Waals surface area contributed by atoms with Gasteiger partial charge in [0.2, 0.25) is 17.8 Å². The monoisotopic (exact) mass is 503 g/mol. The number of rotatable bonds is 8. The van der Waals surface area contributed by atoms with Crippen LogP contribution in [-0.2, 0) is 4.79 Å². The van der Waals surface area contributed by atoms with Gasteiger partial charge in [-0.05, 0) is 62.1 Å². The number of hydrogen-bond acceptors (Lipinski definition) is 7. The number of nitrogens with zero attached hydrogens (tertiary/aromatic N) is 4. The van der Waals surface area contributed by atoms with Crippen LogP contribution in [0.2, 0.25) is 0 Å². The van der Waals surface area contributed by atoms with E-state index in [1.807, 2.05) is 35.8 Å². The molecule has 10 heteroatoms. The van der Waals surface area contributed by atoms with Crippen molar-refractivity contribution in [1.29, 1.82) is 0 Å². The third kappa shape index (κ3) is 5.47. The molecule has 0 atom stereocenters. The number of hydrogen-bond donors (Lipinski definition) is 3. The maximum Gasteiger partial charge on any atom is 0.229 e. The van der Waals surface area contributed by atoms with E-state index in [1.54, 1.807) is 31.5 Å². The molecule has 2 aromatic carbocycles. The number of nitrogens with one attached hydrogen (secondary N) is 3.